The van der Waals surface area contributed by atoms with Crippen LogP contribution < -0.4 is 9.62 Å². The van der Waals surface area contributed by atoms with Crippen molar-refractivity contribution in [3.8, 4) is 0 Å². The van der Waals surface area contributed by atoms with Gasteiger partial charge >= 0.3 is 0 Å². The molecule has 0 heterocycles. The minimum absolute atomic E-state index is 0.0965. The molecule has 0 spiro atoms. The maximum Gasteiger partial charge on any atom is 0.271 e. The molecule has 0 saturated heterocycles. The Hall–Kier alpha value is -4.32. The van der Waals surface area contributed by atoms with Crippen LogP contribution in [-0.4, -0.2) is 49.7 Å². The molecular formula is C25H25FN4O6S. The highest BCUT2D eigenvalue weighted by molar-refractivity contribution is 7.92. The van der Waals surface area contributed by atoms with Gasteiger partial charge in [-0.25, -0.2) is 12.8 Å². The third kappa shape index (κ3) is 6.47. The number of sulfonamides is 1. The van der Waals surface area contributed by atoms with E-state index in [0.29, 0.717) is 5.56 Å². The molecule has 194 valence electrons. The average molecular weight is 529 g/mol. The van der Waals surface area contributed by atoms with E-state index in [1.54, 1.807) is 6.07 Å². The smallest absolute Gasteiger partial charge is 0.271 e. The molecule has 0 aliphatic heterocycles. The number of nitro groups is 1. The molecule has 12 heteroatoms. The summed E-state index contributed by atoms with van der Waals surface area (Å²) in [6.07, 6.45) is 0. The van der Waals surface area contributed by atoms with Gasteiger partial charge in [0.25, 0.3) is 15.7 Å². The van der Waals surface area contributed by atoms with Crippen LogP contribution in [0.2, 0.25) is 0 Å². The van der Waals surface area contributed by atoms with Crippen molar-refractivity contribution in [1.82, 2.24) is 10.2 Å². The first-order valence-corrected chi connectivity index (χ1v) is 12.6. The van der Waals surface area contributed by atoms with Gasteiger partial charge in [0, 0.05) is 25.7 Å². The molecule has 3 aromatic rings. The monoisotopic (exact) mass is 528 g/mol. The fourth-order valence-electron chi connectivity index (χ4n) is 3.59. The summed E-state index contributed by atoms with van der Waals surface area (Å²) in [5, 5.41) is 13.8. The second-order valence-corrected chi connectivity index (χ2v) is 9.90. The van der Waals surface area contributed by atoms with E-state index in [0.717, 1.165) is 15.3 Å². The van der Waals surface area contributed by atoms with Crippen molar-refractivity contribution in [3.63, 3.8) is 0 Å². The Kier molecular flexibility index (Phi) is 8.56. The van der Waals surface area contributed by atoms with E-state index in [-0.39, 0.29) is 22.8 Å². The van der Waals surface area contributed by atoms with Gasteiger partial charge in [0.2, 0.25) is 11.8 Å². The first-order valence-electron chi connectivity index (χ1n) is 11.1. The highest BCUT2D eigenvalue weighted by Gasteiger charge is 2.32. The van der Waals surface area contributed by atoms with Gasteiger partial charge < -0.3 is 10.2 Å². The van der Waals surface area contributed by atoms with Crippen LogP contribution in [0.5, 0.6) is 0 Å². The molecule has 2 amide bonds. The van der Waals surface area contributed by atoms with Crippen molar-refractivity contribution in [1.29, 1.82) is 0 Å². The van der Waals surface area contributed by atoms with Crippen molar-refractivity contribution in [2.45, 2.75) is 24.4 Å². The van der Waals surface area contributed by atoms with Gasteiger partial charge in [-0.15, -0.1) is 0 Å². The summed E-state index contributed by atoms with van der Waals surface area (Å²) in [6, 6.07) is 16.5. The molecule has 0 saturated carbocycles. The normalized spacial score (nSPS) is 11.9. The van der Waals surface area contributed by atoms with Crippen LogP contribution in [0, 0.1) is 15.9 Å². The number of rotatable bonds is 10. The Morgan fingerprint density at radius 1 is 1.03 bits per heavy atom. The zero-order valence-corrected chi connectivity index (χ0v) is 20.9. The molecule has 1 atom stereocenters. The van der Waals surface area contributed by atoms with Gasteiger partial charge in [0.1, 0.15) is 18.4 Å². The SMILES string of the molecule is CNC(=O)[C@H](C)N(Cc1ccc(F)cc1)C(=O)CN(c1cccc([N+](=O)[O-])c1)S(=O)(=O)c1ccccc1. The van der Waals surface area contributed by atoms with Crippen LogP contribution in [0.25, 0.3) is 0 Å². The summed E-state index contributed by atoms with van der Waals surface area (Å²) in [6.45, 7) is 0.617. The number of likely N-dealkylation sites (N-methyl/N-ethyl adjacent to an activating group) is 1. The number of hydrogen-bond acceptors (Lipinski definition) is 6. The summed E-state index contributed by atoms with van der Waals surface area (Å²) in [5.41, 5.74) is 0.0548. The first-order chi connectivity index (χ1) is 17.5. The van der Waals surface area contributed by atoms with Gasteiger partial charge in [0.05, 0.1) is 15.5 Å². The van der Waals surface area contributed by atoms with Gasteiger partial charge in [-0.3, -0.25) is 24.0 Å². The molecule has 0 aliphatic rings. The molecule has 1 N–H and O–H groups in total. The Morgan fingerprint density at radius 3 is 2.27 bits per heavy atom. The zero-order chi connectivity index (χ0) is 27.2. The predicted molar refractivity (Wildman–Crippen MR) is 135 cm³/mol. The molecule has 3 aromatic carbocycles. The molecule has 0 unspecified atom stereocenters. The van der Waals surface area contributed by atoms with E-state index in [2.05, 4.69) is 5.32 Å². The van der Waals surface area contributed by atoms with E-state index >= 15 is 0 Å². The molecule has 10 nitrogen and oxygen atoms in total. The van der Waals surface area contributed by atoms with E-state index < -0.39 is 45.2 Å². The van der Waals surface area contributed by atoms with Crippen molar-refractivity contribution >= 4 is 33.2 Å². The molecule has 37 heavy (non-hydrogen) atoms. The fourth-order valence-corrected chi connectivity index (χ4v) is 5.02. The molecule has 0 radical (unpaired) electrons. The summed E-state index contributed by atoms with van der Waals surface area (Å²) in [5.74, 6) is -1.72. The molecular weight excluding hydrogens is 503 g/mol. The van der Waals surface area contributed by atoms with Crippen LogP contribution in [-0.2, 0) is 26.2 Å². The van der Waals surface area contributed by atoms with E-state index in [1.807, 2.05) is 0 Å². The highest BCUT2D eigenvalue weighted by Crippen LogP contribution is 2.27. The lowest BCUT2D eigenvalue weighted by atomic mass is 10.1. The van der Waals surface area contributed by atoms with Crippen molar-refractivity contribution in [2.75, 3.05) is 17.9 Å². The van der Waals surface area contributed by atoms with E-state index in [4.69, 9.17) is 0 Å². The molecule has 0 aromatic heterocycles. The number of hydrogen-bond donors (Lipinski definition) is 1. The van der Waals surface area contributed by atoms with Crippen LogP contribution in [0.4, 0.5) is 15.8 Å². The Morgan fingerprint density at radius 2 is 1.68 bits per heavy atom. The Labute approximate surface area is 213 Å². The minimum Gasteiger partial charge on any atom is -0.357 e. The van der Waals surface area contributed by atoms with E-state index in [1.165, 1.54) is 80.7 Å². The van der Waals surface area contributed by atoms with Gasteiger partial charge in [0.15, 0.2) is 0 Å². The molecule has 0 bridgehead atoms. The average Bonchev–Trinajstić information content (AvgIpc) is 2.90. The fraction of sp³-hybridized carbons (Fsp3) is 0.200. The topological polar surface area (TPSA) is 130 Å². The van der Waals surface area contributed by atoms with Gasteiger partial charge in [-0.2, -0.15) is 0 Å². The molecule has 0 fully saturated rings. The number of amides is 2. The standard InChI is InChI=1S/C25H25FN4O6S/c1-18(25(32)27-2)28(16-19-11-13-20(26)14-12-19)24(31)17-29(21-7-6-8-22(15-21)30(33)34)37(35,36)23-9-4-3-5-10-23/h3-15,18H,16-17H2,1-2H3,(H,27,32)/t18-/m0/s1. The predicted octanol–water partition coefficient (Wildman–Crippen LogP) is 3.09. The number of halogens is 1. The third-order valence-electron chi connectivity index (χ3n) is 5.62. The van der Waals surface area contributed by atoms with E-state index in [9.17, 15) is 32.5 Å². The molecule has 0 aliphatic carbocycles. The van der Waals surface area contributed by atoms with Crippen molar-refractivity contribution in [3.05, 3.63) is 100 Å². The number of nitrogens with zero attached hydrogens (tertiary/aromatic N) is 3. The summed E-state index contributed by atoms with van der Waals surface area (Å²) in [4.78, 5) is 37.7. The molecule has 3 rings (SSSR count). The minimum atomic E-state index is -4.34. The maximum atomic E-state index is 13.6. The highest BCUT2D eigenvalue weighted by atomic mass is 32.2. The Balaban J connectivity index is 2.06. The lowest BCUT2D eigenvalue weighted by Gasteiger charge is -2.31. The summed E-state index contributed by atoms with van der Waals surface area (Å²) >= 11 is 0. The number of nitro benzene ring substituents is 1. The van der Waals surface area contributed by atoms with Gasteiger partial charge in [-0.05, 0) is 42.8 Å². The number of benzene rings is 3. The largest absolute Gasteiger partial charge is 0.357 e. The van der Waals surface area contributed by atoms with Crippen molar-refractivity contribution < 1.29 is 27.3 Å². The maximum absolute atomic E-state index is 13.6. The second-order valence-electron chi connectivity index (χ2n) is 8.04. The van der Waals surface area contributed by atoms with Crippen LogP contribution in [0.15, 0.2) is 83.8 Å². The number of nitrogens with one attached hydrogen (secondary N) is 1. The second kappa shape index (κ2) is 11.6. The third-order valence-corrected chi connectivity index (χ3v) is 7.41. The quantitative estimate of drug-likeness (QED) is 0.318. The van der Waals surface area contributed by atoms with Crippen LogP contribution in [0.1, 0.15) is 12.5 Å². The zero-order valence-electron chi connectivity index (χ0n) is 20.1. The number of carbonyl (C=O) groups is 2. The van der Waals surface area contributed by atoms with Gasteiger partial charge in [-0.1, -0.05) is 36.4 Å². The van der Waals surface area contributed by atoms with Crippen LogP contribution in [0.3, 0.4) is 0 Å². The lowest BCUT2D eigenvalue weighted by molar-refractivity contribution is -0.384. The Bertz CT molecular complexity index is 1380. The summed E-state index contributed by atoms with van der Waals surface area (Å²) < 4.78 is 41.4. The summed E-state index contributed by atoms with van der Waals surface area (Å²) in [7, 11) is -2.94. The number of anilines is 1. The number of non-ortho nitro benzene ring substituents is 1. The van der Waals surface area contributed by atoms with Crippen LogP contribution >= 0.6 is 0 Å². The first kappa shape index (κ1) is 27.3. The van der Waals surface area contributed by atoms with Crippen molar-refractivity contribution in [2.24, 2.45) is 0 Å². The lowest BCUT2D eigenvalue weighted by Crippen LogP contribution is -2.50. The number of carbonyl (C=O) groups excluding carboxylic acids is 2.